The summed E-state index contributed by atoms with van der Waals surface area (Å²) in [5.74, 6) is -0.495. The normalized spacial score (nSPS) is 9.95. The molecule has 2 aromatic rings. The smallest absolute Gasteiger partial charge is 0.409 e. The third-order valence-corrected chi connectivity index (χ3v) is 2.43. The van der Waals surface area contributed by atoms with Crippen LogP contribution < -0.4 is 5.32 Å². The average molecular weight is 261 g/mol. The number of benzene rings is 1. The maximum Gasteiger partial charge on any atom is 0.409 e. The van der Waals surface area contributed by atoms with Crippen LogP contribution in [-0.4, -0.2) is 33.8 Å². The number of amides is 1. The molecule has 0 fully saturated rings. The molecule has 19 heavy (non-hydrogen) atoms. The molecule has 0 bridgehead atoms. The number of carbonyl (C=O) groups excluding carboxylic acids is 1. The maximum atomic E-state index is 11.5. The molecule has 1 amide bonds. The predicted molar refractivity (Wildman–Crippen MR) is 66.6 cm³/mol. The monoisotopic (exact) mass is 261 g/mol. The summed E-state index contributed by atoms with van der Waals surface area (Å²) in [6.07, 6.45) is 1.74. The van der Waals surface area contributed by atoms with Gasteiger partial charge in [-0.05, 0) is 24.3 Å². The number of rotatable bonds is 3. The second kappa shape index (κ2) is 5.21. The van der Waals surface area contributed by atoms with E-state index in [0.717, 1.165) is 0 Å². The van der Waals surface area contributed by atoms with Gasteiger partial charge in [0, 0.05) is 11.4 Å². The number of esters is 1. The molecule has 7 nitrogen and oxygen atoms in total. The van der Waals surface area contributed by atoms with Gasteiger partial charge in [0.2, 0.25) is 0 Å². The Balaban J connectivity index is 2.30. The van der Waals surface area contributed by atoms with Gasteiger partial charge in [-0.1, -0.05) is 0 Å². The molecule has 7 heteroatoms. The minimum absolute atomic E-state index is 0.293. The number of aromatic nitrogens is 2. The van der Waals surface area contributed by atoms with Gasteiger partial charge in [-0.3, -0.25) is 9.88 Å². The first-order chi connectivity index (χ1) is 9.11. The summed E-state index contributed by atoms with van der Waals surface area (Å²) >= 11 is 0. The number of nitrogens with one attached hydrogen (secondary N) is 1. The highest BCUT2D eigenvalue weighted by Crippen LogP contribution is 2.15. The molecule has 0 saturated heterocycles. The molecule has 0 aliphatic heterocycles. The van der Waals surface area contributed by atoms with Crippen molar-refractivity contribution in [1.29, 1.82) is 0 Å². The zero-order valence-corrected chi connectivity index (χ0v) is 10.0. The maximum absolute atomic E-state index is 11.5. The van der Waals surface area contributed by atoms with E-state index in [9.17, 15) is 9.59 Å². The highest BCUT2D eigenvalue weighted by molar-refractivity contribution is 5.88. The fourth-order valence-electron chi connectivity index (χ4n) is 1.59. The highest BCUT2D eigenvalue weighted by atomic mass is 16.5. The Hall–Kier alpha value is -2.83. The van der Waals surface area contributed by atoms with Gasteiger partial charge in [0.1, 0.15) is 0 Å². The minimum Gasteiger partial charge on any atom is -0.465 e. The third kappa shape index (κ3) is 2.71. The number of methoxy groups -OCH3 is 1. The molecule has 0 spiro atoms. The van der Waals surface area contributed by atoms with E-state index in [2.05, 4.69) is 15.0 Å². The standard InChI is InChI=1S/C12H11N3O4/c1-19-11(16)10-6-13-7-15(10)9-4-2-8(3-5-9)14-12(17)18/h2-7,14H,1H3,(H,17,18). The Labute approximate surface area is 108 Å². The molecule has 98 valence electrons. The number of anilines is 1. The lowest BCUT2D eigenvalue weighted by molar-refractivity contribution is 0.0591. The molecule has 1 aromatic heterocycles. The quantitative estimate of drug-likeness (QED) is 0.821. The topological polar surface area (TPSA) is 93.5 Å². The van der Waals surface area contributed by atoms with Crippen LogP contribution in [0.15, 0.2) is 36.8 Å². The number of carboxylic acid groups (broad SMARTS) is 1. The fourth-order valence-corrected chi connectivity index (χ4v) is 1.59. The first-order valence-corrected chi connectivity index (χ1v) is 5.33. The van der Waals surface area contributed by atoms with Gasteiger partial charge < -0.3 is 9.84 Å². The van der Waals surface area contributed by atoms with Gasteiger partial charge in [-0.25, -0.2) is 14.6 Å². The van der Waals surface area contributed by atoms with Crippen LogP contribution in [0.1, 0.15) is 10.5 Å². The lowest BCUT2D eigenvalue weighted by Crippen LogP contribution is -2.09. The van der Waals surface area contributed by atoms with Gasteiger partial charge in [-0.15, -0.1) is 0 Å². The van der Waals surface area contributed by atoms with Crippen molar-refractivity contribution in [3.8, 4) is 5.69 Å². The summed E-state index contributed by atoms with van der Waals surface area (Å²) < 4.78 is 6.20. The Morgan fingerprint density at radius 3 is 2.58 bits per heavy atom. The van der Waals surface area contributed by atoms with Crippen molar-refractivity contribution >= 4 is 17.7 Å². The lowest BCUT2D eigenvalue weighted by atomic mass is 10.2. The van der Waals surface area contributed by atoms with Gasteiger partial charge in [0.05, 0.1) is 19.6 Å². The molecule has 0 atom stereocenters. The van der Waals surface area contributed by atoms with Crippen LogP contribution in [0.5, 0.6) is 0 Å². The number of carbonyl (C=O) groups is 2. The molecular weight excluding hydrogens is 250 g/mol. The summed E-state index contributed by atoms with van der Waals surface area (Å²) in [7, 11) is 1.29. The van der Waals surface area contributed by atoms with Crippen molar-refractivity contribution in [3.05, 3.63) is 42.5 Å². The van der Waals surface area contributed by atoms with Crippen molar-refractivity contribution < 1.29 is 19.4 Å². The predicted octanol–water partition coefficient (Wildman–Crippen LogP) is 1.75. The summed E-state index contributed by atoms with van der Waals surface area (Å²) in [6, 6.07) is 6.51. The lowest BCUT2D eigenvalue weighted by Gasteiger charge is -2.07. The fraction of sp³-hybridized carbons (Fsp3) is 0.0833. The van der Waals surface area contributed by atoms with Crippen LogP contribution in [0.4, 0.5) is 10.5 Å². The summed E-state index contributed by atoms with van der Waals surface area (Å²) in [4.78, 5) is 25.9. The van der Waals surface area contributed by atoms with E-state index >= 15 is 0 Å². The van der Waals surface area contributed by atoms with Crippen molar-refractivity contribution in [1.82, 2.24) is 9.55 Å². The molecule has 2 rings (SSSR count). The molecule has 1 heterocycles. The SMILES string of the molecule is COC(=O)c1cncn1-c1ccc(NC(=O)O)cc1. The van der Waals surface area contributed by atoms with Crippen LogP contribution in [0.3, 0.4) is 0 Å². The Morgan fingerprint density at radius 1 is 1.32 bits per heavy atom. The summed E-state index contributed by atoms with van der Waals surface area (Å²) in [6.45, 7) is 0. The van der Waals surface area contributed by atoms with Crippen molar-refractivity contribution in [2.45, 2.75) is 0 Å². The molecule has 0 aliphatic rings. The summed E-state index contributed by atoms with van der Waals surface area (Å²) in [5, 5.41) is 10.8. The van der Waals surface area contributed by atoms with E-state index in [1.54, 1.807) is 28.8 Å². The second-order valence-corrected chi connectivity index (χ2v) is 3.62. The third-order valence-electron chi connectivity index (χ3n) is 2.43. The van der Waals surface area contributed by atoms with E-state index < -0.39 is 12.1 Å². The number of nitrogens with zero attached hydrogens (tertiary/aromatic N) is 2. The van der Waals surface area contributed by atoms with E-state index in [0.29, 0.717) is 17.1 Å². The van der Waals surface area contributed by atoms with Crippen LogP contribution in [0, 0.1) is 0 Å². The Kier molecular flexibility index (Phi) is 3.46. The van der Waals surface area contributed by atoms with Crippen LogP contribution in [-0.2, 0) is 4.74 Å². The van der Waals surface area contributed by atoms with E-state index in [4.69, 9.17) is 5.11 Å². The van der Waals surface area contributed by atoms with Crippen LogP contribution >= 0.6 is 0 Å². The zero-order valence-electron chi connectivity index (χ0n) is 10.0. The van der Waals surface area contributed by atoms with E-state index in [1.165, 1.54) is 19.6 Å². The molecule has 0 radical (unpaired) electrons. The number of ether oxygens (including phenoxy) is 1. The molecular formula is C12H11N3O4. The molecule has 1 aromatic carbocycles. The van der Waals surface area contributed by atoms with Crippen molar-refractivity contribution in [2.24, 2.45) is 0 Å². The molecule has 0 unspecified atom stereocenters. The van der Waals surface area contributed by atoms with Crippen molar-refractivity contribution in [2.75, 3.05) is 12.4 Å². The molecule has 2 N–H and O–H groups in total. The van der Waals surface area contributed by atoms with Gasteiger partial charge in [-0.2, -0.15) is 0 Å². The van der Waals surface area contributed by atoms with E-state index in [-0.39, 0.29) is 0 Å². The van der Waals surface area contributed by atoms with Gasteiger partial charge in [0.25, 0.3) is 0 Å². The van der Waals surface area contributed by atoms with Crippen LogP contribution in [0.2, 0.25) is 0 Å². The molecule has 0 aliphatic carbocycles. The molecule has 0 saturated carbocycles. The number of imidazole rings is 1. The highest BCUT2D eigenvalue weighted by Gasteiger charge is 2.13. The average Bonchev–Trinajstić information content (AvgIpc) is 2.87. The first kappa shape index (κ1) is 12.6. The largest absolute Gasteiger partial charge is 0.465 e. The number of hydrogen-bond acceptors (Lipinski definition) is 4. The minimum atomic E-state index is -1.13. The van der Waals surface area contributed by atoms with Gasteiger partial charge in [0.15, 0.2) is 5.69 Å². The Bertz CT molecular complexity index is 604. The summed E-state index contributed by atoms with van der Waals surface area (Å²) in [5.41, 5.74) is 1.41. The first-order valence-electron chi connectivity index (χ1n) is 5.33. The van der Waals surface area contributed by atoms with E-state index in [1.807, 2.05) is 0 Å². The second-order valence-electron chi connectivity index (χ2n) is 3.62. The zero-order chi connectivity index (χ0) is 13.8. The number of hydrogen-bond donors (Lipinski definition) is 2. The van der Waals surface area contributed by atoms with Gasteiger partial charge >= 0.3 is 12.1 Å². The van der Waals surface area contributed by atoms with Crippen LogP contribution in [0.25, 0.3) is 5.69 Å². The van der Waals surface area contributed by atoms with Crippen molar-refractivity contribution in [3.63, 3.8) is 0 Å². The Morgan fingerprint density at radius 2 is 2.00 bits per heavy atom.